The van der Waals surface area contributed by atoms with E-state index in [9.17, 15) is 9.18 Å². The molecule has 0 bridgehead atoms. The molecule has 0 amide bonds. The lowest BCUT2D eigenvalue weighted by molar-refractivity contribution is 0.0963. The molecular weight excluding hydrogens is 275 g/mol. The van der Waals surface area contributed by atoms with Crippen LogP contribution in [0, 0.1) is 5.82 Å². The van der Waals surface area contributed by atoms with Gasteiger partial charge in [0.05, 0.1) is 5.56 Å². The smallest absolute Gasteiger partial charge is 0.187 e. The largest absolute Gasteiger partial charge is 0.292 e. The lowest BCUT2D eigenvalue weighted by Gasteiger charge is -2.03. The number of hydrogen-bond donors (Lipinski definition) is 0. The Morgan fingerprint density at radius 2 is 2.31 bits per heavy atom. The Labute approximate surface area is 100 Å². The summed E-state index contributed by atoms with van der Waals surface area (Å²) in [7, 11) is 0. The van der Waals surface area contributed by atoms with Crippen LogP contribution in [0.25, 0.3) is 0 Å². The highest BCUT2D eigenvalue weighted by Crippen LogP contribution is 2.16. The van der Waals surface area contributed by atoms with Crippen LogP contribution >= 0.6 is 15.9 Å². The predicted molar refractivity (Wildman–Crippen MR) is 60.7 cm³/mol. The number of Topliss-reactive ketones (excluding diaryl/α,β-unsaturated/α-hetero) is 1. The van der Waals surface area contributed by atoms with Crippen molar-refractivity contribution in [3.63, 3.8) is 0 Å². The second-order valence-corrected chi connectivity index (χ2v) is 4.17. The van der Waals surface area contributed by atoms with E-state index in [1.807, 2.05) is 0 Å². The second-order valence-electron chi connectivity index (χ2n) is 3.25. The van der Waals surface area contributed by atoms with Crippen molar-refractivity contribution in [1.29, 1.82) is 0 Å². The van der Waals surface area contributed by atoms with Crippen LogP contribution in [0.1, 0.15) is 10.4 Å². The third-order valence-corrected chi connectivity index (χ3v) is 2.59. The van der Waals surface area contributed by atoms with Crippen molar-refractivity contribution in [3.05, 3.63) is 52.5 Å². The highest BCUT2D eigenvalue weighted by Gasteiger charge is 2.12. The van der Waals surface area contributed by atoms with E-state index in [0.29, 0.717) is 4.47 Å². The molecule has 0 atom stereocenters. The quantitative estimate of drug-likeness (QED) is 0.812. The van der Waals surface area contributed by atoms with Crippen LogP contribution in [0.5, 0.6) is 0 Å². The third-order valence-electron chi connectivity index (χ3n) is 2.09. The number of benzene rings is 1. The summed E-state index contributed by atoms with van der Waals surface area (Å²) >= 11 is 3.20. The van der Waals surface area contributed by atoms with E-state index in [1.54, 1.807) is 24.5 Å². The molecular formula is C11H8BrFN2O. The first kappa shape index (κ1) is 11.0. The SMILES string of the molecule is O=C(Cn1cccn1)c1cc(Br)ccc1F. The monoisotopic (exact) mass is 282 g/mol. The number of ketones is 1. The summed E-state index contributed by atoms with van der Waals surface area (Å²) in [5, 5.41) is 3.90. The van der Waals surface area contributed by atoms with Crippen molar-refractivity contribution < 1.29 is 9.18 Å². The van der Waals surface area contributed by atoms with Gasteiger partial charge in [0.15, 0.2) is 5.78 Å². The summed E-state index contributed by atoms with van der Waals surface area (Å²) in [6.07, 6.45) is 3.23. The number of halogens is 2. The molecule has 0 N–H and O–H groups in total. The molecule has 0 spiro atoms. The first-order valence-corrected chi connectivity index (χ1v) is 5.42. The summed E-state index contributed by atoms with van der Waals surface area (Å²) in [6.45, 7) is 0.0420. The Balaban J connectivity index is 2.24. The van der Waals surface area contributed by atoms with Crippen LogP contribution in [-0.2, 0) is 6.54 Å². The molecule has 1 heterocycles. The lowest BCUT2D eigenvalue weighted by Crippen LogP contribution is -2.12. The van der Waals surface area contributed by atoms with Crippen molar-refractivity contribution in [2.75, 3.05) is 0 Å². The summed E-state index contributed by atoms with van der Waals surface area (Å²) in [6, 6.07) is 6.01. The summed E-state index contributed by atoms with van der Waals surface area (Å²) in [5.74, 6) is -0.817. The highest BCUT2D eigenvalue weighted by molar-refractivity contribution is 9.10. The van der Waals surface area contributed by atoms with Gasteiger partial charge in [0.25, 0.3) is 0 Å². The van der Waals surface area contributed by atoms with Gasteiger partial charge in [-0.1, -0.05) is 15.9 Å². The molecule has 0 radical (unpaired) electrons. The van der Waals surface area contributed by atoms with E-state index in [2.05, 4.69) is 21.0 Å². The van der Waals surface area contributed by atoms with Crippen molar-refractivity contribution in [2.45, 2.75) is 6.54 Å². The standard InChI is InChI=1S/C11H8BrFN2O/c12-8-2-3-10(13)9(6-8)11(16)7-15-5-1-4-14-15/h1-6H,7H2. The first-order valence-electron chi connectivity index (χ1n) is 4.62. The van der Waals surface area contributed by atoms with Gasteiger partial charge in [0.1, 0.15) is 12.4 Å². The van der Waals surface area contributed by atoms with Gasteiger partial charge in [-0.25, -0.2) is 4.39 Å². The fourth-order valence-electron chi connectivity index (χ4n) is 1.34. The van der Waals surface area contributed by atoms with Crippen LogP contribution in [0.15, 0.2) is 41.1 Å². The minimum absolute atomic E-state index is 0.0420. The second kappa shape index (κ2) is 4.57. The maximum absolute atomic E-state index is 13.4. The average molecular weight is 283 g/mol. The van der Waals surface area contributed by atoms with Crippen LogP contribution in [0.3, 0.4) is 0 Å². The van der Waals surface area contributed by atoms with Crippen molar-refractivity contribution in [3.8, 4) is 0 Å². The van der Waals surface area contributed by atoms with E-state index in [0.717, 1.165) is 0 Å². The van der Waals surface area contributed by atoms with Gasteiger partial charge < -0.3 is 0 Å². The zero-order valence-electron chi connectivity index (χ0n) is 8.23. The van der Waals surface area contributed by atoms with E-state index in [4.69, 9.17) is 0 Å². The first-order chi connectivity index (χ1) is 7.66. The van der Waals surface area contributed by atoms with Gasteiger partial charge in [0.2, 0.25) is 0 Å². The molecule has 0 aliphatic carbocycles. The number of hydrogen-bond acceptors (Lipinski definition) is 2. The summed E-state index contributed by atoms with van der Waals surface area (Å²) in [4.78, 5) is 11.8. The molecule has 2 rings (SSSR count). The number of rotatable bonds is 3. The minimum Gasteiger partial charge on any atom is -0.292 e. The molecule has 0 saturated carbocycles. The molecule has 0 unspecified atom stereocenters. The van der Waals surface area contributed by atoms with E-state index in [1.165, 1.54) is 16.8 Å². The fraction of sp³-hybridized carbons (Fsp3) is 0.0909. The van der Waals surface area contributed by atoms with Crippen LogP contribution in [0.4, 0.5) is 4.39 Å². The van der Waals surface area contributed by atoms with Crippen molar-refractivity contribution >= 4 is 21.7 Å². The van der Waals surface area contributed by atoms with Crippen LogP contribution < -0.4 is 0 Å². The zero-order chi connectivity index (χ0) is 11.5. The van der Waals surface area contributed by atoms with Crippen molar-refractivity contribution in [1.82, 2.24) is 9.78 Å². The number of nitrogens with zero attached hydrogens (tertiary/aromatic N) is 2. The molecule has 0 aliphatic rings. The average Bonchev–Trinajstić information content (AvgIpc) is 2.74. The Morgan fingerprint density at radius 1 is 1.50 bits per heavy atom. The Hall–Kier alpha value is -1.49. The number of aromatic nitrogens is 2. The van der Waals surface area contributed by atoms with Gasteiger partial charge in [-0.05, 0) is 24.3 Å². The Morgan fingerprint density at radius 3 is 3.00 bits per heavy atom. The molecule has 3 nitrogen and oxygen atoms in total. The van der Waals surface area contributed by atoms with E-state index >= 15 is 0 Å². The molecule has 2 aromatic rings. The van der Waals surface area contributed by atoms with Crippen LogP contribution in [0.2, 0.25) is 0 Å². The van der Waals surface area contributed by atoms with E-state index in [-0.39, 0.29) is 17.9 Å². The van der Waals surface area contributed by atoms with Crippen LogP contribution in [-0.4, -0.2) is 15.6 Å². The number of carbonyl (C=O) groups is 1. The number of carbonyl (C=O) groups excluding carboxylic acids is 1. The molecule has 82 valence electrons. The molecule has 16 heavy (non-hydrogen) atoms. The van der Waals surface area contributed by atoms with Gasteiger partial charge in [-0.15, -0.1) is 0 Å². The van der Waals surface area contributed by atoms with Gasteiger partial charge in [-0.3, -0.25) is 9.48 Å². The Bertz CT molecular complexity index is 511. The van der Waals surface area contributed by atoms with Crippen molar-refractivity contribution in [2.24, 2.45) is 0 Å². The van der Waals surface area contributed by atoms with E-state index < -0.39 is 5.82 Å². The Kier molecular flexibility index (Phi) is 3.14. The summed E-state index contributed by atoms with van der Waals surface area (Å²) in [5.41, 5.74) is 0.0740. The maximum atomic E-state index is 13.4. The van der Waals surface area contributed by atoms with Gasteiger partial charge >= 0.3 is 0 Å². The molecule has 1 aromatic carbocycles. The third kappa shape index (κ3) is 2.36. The normalized spacial score (nSPS) is 10.4. The molecule has 5 heteroatoms. The maximum Gasteiger partial charge on any atom is 0.187 e. The van der Waals surface area contributed by atoms with Gasteiger partial charge in [0, 0.05) is 16.9 Å². The highest BCUT2D eigenvalue weighted by atomic mass is 79.9. The molecule has 1 aromatic heterocycles. The molecule has 0 aliphatic heterocycles. The fourth-order valence-corrected chi connectivity index (χ4v) is 1.70. The molecule has 0 fully saturated rings. The van der Waals surface area contributed by atoms with Gasteiger partial charge in [-0.2, -0.15) is 5.10 Å². The topological polar surface area (TPSA) is 34.9 Å². The minimum atomic E-state index is -0.514. The molecule has 0 saturated heterocycles. The zero-order valence-corrected chi connectivity index (χ0v) is 9.82. The lowest BCUT2D eigenvalue weighted by atomic mass is 10.1. The predicted octanol–water partition coefficient (Wildman–Crippen LogP) is 2.67. The summed E-state index contributed by atoms with van der Waals surface area (Å²) < 4.78 is 15.5.